The highest BCUT2D eigenvalue weighted by Gasteiger charge is 2.19. The van der Waals surface area contributed by atoms with Crippen LogP contribution in [0, 0.1) is 12.8 Å². The fraction of sp³-hybridized carbons (Fsp3) is 0.533. The number of amides is 1. The van der Waals surface area contributed by atoms with Crippen molar-refractivity contribution in [3.05, 3.63) is 35.4 Å². The van der Waals surface area contributed by atoms with Crippen LogP contribution in [0.2, 0.25) is 0 Å². The zero-order chi connectivity index (χ0) is 13.7. The Morgan fingerprint density at radius 1 is 1.26 bits per heavy atom. The number of carbonyl (C=O) groups is 1. The number of nitrogens with one attached hydrogen (secondary N) is 1. The number of halogens is 1. The van der Waals surface area contributed by atoms with Crippen molar-refractivity contribution in [1.82, 2.24) is 5.32 Å². The molecular weight excluding hydrogens is 260 g/mol. The summed E-state index contributed by atoms with van der Waals surface area (Å²) in [6, 6.07) is 7.33. The summed E-state index contributed by atoms with van der Waals surface area (Å²) < 4.78 is 0. The fourth-order valence-electron chi connectivity index (χ4n) is 1.74. The summed E-state index contributed by atoms with van der Waals surface area (Å²) in [7, 11) is 0. The van der Waals surface area contributed by atoms with Crippen LogP contribution in [0.15, 0.2) is 24.3 Å². The Morgan fingerprint density at radius 2 is 1.79 bits per heavy atom. The molecule has 3 N–H and O–H groups in total. The first-order chi connectivity index (χ1) is 8.45. The van der Waals surface area contributed by atoms with E-state index in [1.807, 2.05) is 38.1 Å². The van der Waals surface area contributed by atoms with Crippen LogP contribution in [0.1, 0.15) is 44.4 Å². The van der Waals surface area contributed by atoms with Crippen LogP contribution in [-0.2, 0) is 4.79 Å². The molecule has 0 aliphatic rings. The zero-order valence-corrected chi connectivity index (χ0v) is 13.0. The van der Waals surface area contributed by atoms with Crippen molar-refractivity contribution in [2.24, 2.45) is 11.7 Å². The van der Waals surface area contributed by atoms with Gasteiger partial charge in [-0.15, -0.1) is 12.4 Å². The van der Waals surface area contributed by atoms with Gasteiger partial charge in [-0.1, -0.05) is 50.1 Å². The van der Waals surface area contributed by atoms with E-state index in [1.165, 1.54) is 5.56 Å². The third-order valence-electron chi connectivity index (χ3n) is 3.59. The highest BCUT2D eigenvalue weighted by molar-refractivity contribution is 5.85. The van der Waals surface area contributed by atoms with Gasteiger partial charge in [-0.3, -0.25) is 4.79 Å². The number of nitrogens with two attached hydrogens (primary N) is 1. The molecule has 108 valence electrons. The second-order valence-electron chi connectivity index (χ2n) is 5.07. The number of aryl methyl sites for hydroxylation is 1. The Kier molecular flexibility index (Phi) is 7.72. The maximum absolute atomic E-state index is 12.0. The van der Waals surface area contributed by atoms with Crippen LogP contribution in [0.5, 0.6) is 0 Å². The molecule has 0 bridgehead atoms. The molecule has 1 rings (SSSR count). The lowest BCUT2D eigenvalue weighted by atomic mass is 9.99. The third-order valence-corrected chi connectivity index (χ3v) is 3.59. The summed E-state index contributed by atoms with van der Waals surface area (Å²) in [5.41, 5.74) is 7.99. The van der Waals surface area contributed by atoms with E-state index in [-0.39, 0.29) is 24.4 Å². The second-order valence-corrected chi connectivity index (χ2v) is 5.07. The fourth-order valence-corrected chi connectivity index (χ4v) is 1.74. The quantitative estimate of drug-likeness (QED) is 0.873. The van der Waals surface area contributed by atoms with Crippen LogP contribution in [0.4, 0.5) is 0 Å². The van der Waals surface area contributed by atoms with E-state index in [1.54, 1.807) is 0 Å². The highest BCUT2D eigenvalue weighted by atomic mass is 35.5. The Hall–Kier alpha value is -1.06. The third kappa shape index (κ3) is 5.21. The predicted octanol–water partition coefficient (Wildman–Crippen LogP) is 2.97. The van der Waals surface area contributed by atoms with Gasteiger partial charge in [0, 0.05) is 6.04 Å². The van der Waals surface area contributed by atoms with Crippen LogP contribution in [0.25, 0.3) is 0 Å². The summed E-state index contributed by atoms with van der Waals surface area (Å²) in [5, 5.41) is 2.98. The minimum atomic E-state index is -0.586. The molecule has 1 aromatic rings. The van der Waals surface area contributed by atoms with Gasteiger partial charge in [-0.05, 0) is 25.3 Å². The van der Waals surface area contributed by atoms with Gasteiger partial charge in [0.25, 0.3) is 0 Å². The molecule has 0 spiro atoms. The summed E-state index contributed by atoms with van der Waals surface area (Å²) in [6.45, 7) is 8.28. The molecule has 0 aliphatic heterocycles. The average molecular weight is 285 g/mol. The molecule has 0 radical (unpaired) electrons. The van der Waals surface area contributed by atoms with Crippen LogP contribution >= 0.6 is 12.4 Å². The molecule has 0 saturated heterocycles. The summed E-state index contributed by atoms with van der Waals surface area (Å²) >= 11 is 0. The molecule has 4 heteroatoms. The topological polar surface area (TPSA) is 55.1 Å². The normalized spacial score (nSPS) is 15.0. The first-order valence-electron chi connectivity index (χ1n) is 6.58. The van der Waals surface area contributed by atoms with E-state index in [0.717, 1.165) is 12.0 Å². The minimum absolute atomic E-state index is 0. The largest absolute Gasteiger partial charge is 0.352 e. The minimum Gasteiger partial charge on any atom is -0.352 e. The molecule has 3 unspecified atom stereocenters. The predicted molar refractivity (Wildman–Crippen MR) is 82.4 cm³/mol. The molecule has 0 fully saturated rings. The maximum atomic E-state index is 12.0. The first-order valence-corrected chi connectivity index (χ1v) is 6.58. The van der Waals surface area contributed by atoms with Gasteiger partial charge in [0.15, 0.2) is 0 Å². The second kappa shape index (κ2) is 8.18. The molecule has 0 heterocycles. The van der Waals surface area contributed by atoms with E-state index in [4.69, 9.17) is 5.73 Å². The Morgan fingerprint density at radius 3 is 2.26 bits per heavy atom. The molecule has 1 aromatic carbocycles. The van der Waals surface area contributed by atoms with Gasteiger partial charge in [0.1, 0.15) is 6.04 Å². The number of hydrogen-bond donors (Lipinski definition) is 2. The lowest BCUT2D eigenvalue weighted by Crippen LogP contribution is -2.42. The van der Waals surface area contributed by atoms with Crippen molar-refractivity contribution in [1.29, 1.82) is 0 Å². The van der Waals surface area contributed by atoms with Gasteiger partial charge in [0.2, 0.25) is 5.91 Å². The smallest absolute Gasteiger partial charge is 0.241 e. The van der Waals surface area contributed by atoms with E-state index >= 15 is 0 Å². The molecule has 3 atom stereocenters. The summed E-state index contributed by atoms with van der Waals surface area (Å²) in [5.74, 6) is 0.353. The summed E-state index contributed by atoms with van der Waals surface area (Å²) in [6.07, 6.45) is 1.04. The van der Waals surface area contributed by atoms with E-state index in [2.05, 4.69) is 19.2 Å². The monoisotopic (exact) mass is 284 g/mol. The molecule has 3 nitrogen and oxygen atoms in total. The van der Waals surface area contributed by atoms with Gasteiger partial charge < -0.3 is 11.1 Å². The molecule has 1 amide bonds. The Labute approximate surface area is 122 Å². The van der Waals surface area contributed by atoms with Crippen LogP contribution < -0.4 is 11.1 Å². The standard InChI is InChI=1S/C15H24N2O.ClH/c1-5-11(3)12(4)17-15(18)14(16)13-8-6-10(2)7-9-13;/h6-9,11-12,14H,5,16H2,1-4H3,(H,17,18);1H. The highest BCUT2D eigenvalue weighted by Crippen LogP contribution is 2.13. The molecule has 19 heavy (non-hydrogen) atoms. The van der Waals surface area contributed by atoms with Gasteiger partial charge in [0.05, 0.1) is 0 Å². The van der Waals surface area contributed by atoms with E-state index in [0.29, 0.717) is 5.92 Å². The molecule has 0 aliphatic carbocycles. The van der Waals surface area contributed by atoms with Crippen molar-refractivity contribution in [3.8, 4) is 0 Å². The van der Waals surface area contributed by atoms with Crippen molar-refractivity contribution in [2.75, 3.05) is 0 Å². The maximum Gasteiger partial charge on any atom is 0.241 e. The van der Waals surface area contributed by atoms with Crippen molar-refractivity contribution in [3.63, 3.8) is 0 Å². The summed E-state index contributed by atoms with van der Waals surface area (Å²) in [4.78, 5) is 12.0. The number of carbonyl (C=O) groups excluding carboxylic acids is 1. The van der Waals surface area contributed by atoms with Gasteiger partial charge in [-0.2, -0.15) is 0 Å². The number of hydrogen-bond acceptors (Lipinski definition) is 2. The zero-order valence-electron chi connectivity index (χ0n) is 12.1. The Bertz CT molecular complexity index is 392. The lowest BCUT2D eigenvalue weighted by molar-refractivity contribution is -0.123. The molecular formula is C15H25ClN2O. The van der Waals surface area contributed by atoms with Crippen molar-refractivity contribution in [2.45, 2.75) is 46.2 Å². The van der Waals surface area contributed by atoms with Crippen molar-refractivity contribution < 1.29 is 4.79 Å². The van der Waals surface area contributed by atoms with Crippen molar-refractivity contribution >= 4 is 18.3 Å². The lowest BCUT2D eigenvalue weighted by Gasteiger charge is -2.22. The van der Waals surface area contributed by atoms with E-state index in [9.17, 15) is 4.79 Å². The van der Waals surface area contributed by atoms with Crippen LogP contribution in [0.3, 0.4) is 0 Å². The van der Waals surface area contributed by atoms with Crippen LogP contribution in [-0.4, -0.2) is 11.9 Å². The van der Waals surface area contributed by atoms with E-state index < -0.39 is 6.04 Å². The molecule has 0 saturated carbocycles. The average Bonchev–Trinajstić information content (AvgIpc) is 2.37. The first kappa shape index (κ1) is 17.9. The number of benzene rings is 1. The number of rotatable bonds is 5. The Balaban J connectivity index is 0.00000324. The SMILES string of the molecule is CCC(C)C(C)NC(=O)C(N)c1ccc(C)cc1.Cl. The molecule has 0 aromatic heterocycles. The van der Waals surface area contributed by atoms with Gasteiger partial charge in [-0.25, -0.2) is 0 Å². The van der Waals surface area contributed by atoms with Gasteiger partial charge >= 0.3 is 0 Å².